The van der Waals surface area contributed by atoms with E-state index in [0.29, 0.717) is 10.8 Å². The van der Waals surface area contributed by atoms with Crippen molar-refractivity contribution in [2.75, 3.05) is 0 Å². The Balaban J connectivity index is 1.53. The molecule has 2 amide bonds. The minimum atomic E-state index is -0.666. The van der Waals surface area contributed by atoms with Crippen LogP contribution in [-0.4, -0.2) is 16.7 Å². The summed E-state index contributed by atoms with van der Waals surface area (Å²) < 4.78 is 4.90. The quantitative estimate of drug-likeness (QED) is 0.463. The largest absolute Gasteiger partial charge is 0.433 e. The summed E-state index contributed by atoms with van der Waals surface area (Å²) >= 11 is 1.46. The number of nitrogens with one attached hydrogen (secondary N) is 2. The predicted molar refractivity (Wildman–Crippen MR) is 100 cm³/mol. The molecule has 3 rings (SSSR count). The Hall–Kier alpha value is -2.94. The third-order valence-electron chi connectivity index (χ3n) is 4.48. The number of nitro groups is 1. The van der Waals surface area contributed by atoms with E-state index in [-0.39, 0.29) is 11.7 Å². The van der Waals surface area contributed by atoms with Gasteiger partial charge in [-0.2, -0.15) is 0 Å². The molecule has 0 aliphatic heterocycles. The van der Waals surface area contributed by atoms with Crippen molar-refractivity contribution in [3.8, 4) is 0 Å². The van der Waals surface area contributed by atoms with Gasteiger partial charge in [0.1, 0.15) is 10.7 Å². The molecule has 1 aliphatic rings. The lowest BCUT2D eigenvalue weighted by Gasteiger charge is -2.19. The average molecular weight is 389 g/mol. The first kappa shape index (κ1) is 18.8. The molecular weight excluding hydrogens is 370 g/mol. The zero-order chi connectivity index (χ0) is 19.4. The molecule has 0 radical (unpaired) electrons. The zero-order valence-electron chi connectivity index (χ0n) is 14.7. The van der Waals surface area contributed by atoms with Gasteiger partial charge in [-0.1, -0.05) is 13.3 Å². The van der Waals surface area contributed by atoms with Gasteiger partial charge < -0.3 is 4.42 Å². The normalized spacial score (nSPS) is 16.1. The van der Waals surface area contributed by atoms with Crippen LogP contribution in [0.5, 0.6) is 0 Å². The van der Waals surface area contributed by atoms with Crippen LogP contribution in [0.15, 0.2) is 28.7 Å². The highest BCUT2D eigenvalue weighted by Gasteiger charge is 2.22. The number of rotatable bonds is 5. The summed E-state index contributed by atoms with van der Waals surface area (Å²) in [7, 11) is 0. The number of aryl methyl sites for hydroxylation is 1. The fraction of sp³-hybridized carbons (Fsp3) is 0.333. The van der Waals surface area contributed by atoms with Gasteiger partial charge in [-0.3, -0.25) is 30.6 Å². The van der Waals surface area contributed by atoms with E-state index in [2.05, 4.69) is 17.8 Å². The second kappa shape index (κ2) is 8.17. The Kier molecular flexibility index (Phi) is 5.70. The molecule has 2 N–H and O–H groups in total. The molecule has 9 heteroatoms. The lowest BCUT2D eigenvalue weighted by Crippen LogP contribution is -2.40. The van der Waals surface area contributed by atoms with Crippen molar-refractivity contribution in [3.63, 3.8) is 0 Å². The number of hydrogen-bond acceptors (Lipinski definition) is 6. The topological polar surface area (TPSA) is 114 Å². The molecule has 0 saturated carbocycles. The van der Waals surface area contributed by atoms with Crippen LogP contribution in [-0.2, 0) is 17.6 Å². The Labute approximate surface area is 159 Å². The molecule has 0 unspecified atom stereocenters. The molecule has 0 spiro atoms. The van der Waals surface area contributed by atoms with E-state index in [9.17, 15) is 19.7 Å². The fourth-order valence-electron chi connectivity index (χ4n) is 2.97. The first-order valence-electron chi connectivity index (χ1n) is 8.60. The lowest BCUT2D eigenvalue weighted by atomic mass is 9.87. The number of carbonyl (C=O) groups excluding carboxylic acids is 2. The number of carbonyl (C=O) groups is 2. The van der Waals surface area contributed by atoms with Crippen LogP contribution < -0.4 is 10.9 Å². The van der Waals surface area contributed by atoms with E-state index in [1.165, 1.54) is 40.0 Å². The summed E-state index contributed by atoms with van der Waals surface area (Å²) in [4.78, 5) is 35.7. The highest BCUT2D eigenvalue weighted by atomic mass is 32.1. The fourth-order valence-corrected chi connectivity index (χ4v) is 4.07. The Morgan fingerprint density at radius 3 is 2.93 bits per heavy atom. The molecule has 0 fully saturated rings. The molecular formula is C18H19N3O5S. The van der Waals surface area contributed by atoms with Crippen molar-refractivity contribution in [3.05, 3.63) is 55.5 Å². The predicted octanol–water partition coefficient (Wildman–Crippen LogP) is 3.24. The van der Waals surface area contributed by atoms with Gasteiger partial charge in [-0.05, 0) is 49.0 Å². The van der Waals surface area contributed by atoms with Crippen molar-refractivity contribution in [1.29, 1.82) is 0 Å². The maximum Gasteiger partial charge on any atom is 0.433 e. The van der Waals surface area contributed by atoms with Crippen LogP contribution in [0.2, 0.25) is 0 Å². The molecule has 0 aromatic carbocycles. The summed E-state index contributed by atoms with van der Waals surface area (Å²) in [5, 5.41) is 10.5. The first-order valence-corrected chi connectivity index (χ1v) is 9.42. The van der Waals surface area contributed by atoms with Crippen LogP contribution in [0.25, 0.3) is 6.08 Å². The van der Waals surface area contributed by atoms with Crippen LogP contribution >= 0.6 is 11.3 Å². The Morgan fingerprint density at radius 1 is 1.41 bits per heavy atom. The summed E-state index contributed by atoms with van der Waals surface area (Å²) in [6.45, 7) is 2.18. The van der Waals surface area contributed by atoms with Gasteiger partial charge in [0.2, 0.25) is 0 Å². The number of hydrazine groups is 1. The summed E-state index contributed by atoms with van der Waals surface area (Å²) in [5.74, 6) is -0.507. The van der Waals surface area contributed by atoms with E-state index >= 15 is 0 Å². The molecule has 2 heterocycles. The van der Waals surface area contributed by atoms with Crippen molar-refractivity contribution < 1.29 is 18.9 Å². The van der Waals surface area contributed by atoms with E-state index in [1.54, 1.807) is 0 Å². The summed E-state index contributed by atoms with van der Waals surface area (Å²) in [6, 6.07) is 4.47. The zero-order valence-corrected chi connectivity index (χ0v) is 15.5. The van der Waals surface area contributed by atoms with Gasteiger partial charge in [-0.25, -0.2) is 0 Å². The van der Waals surface area contributed by atoms with Gasteiger partial charge in [0.25, 0.3) is 11.8 Å². The highest BCUT2D eigenvalue weighted by molar-refractivity contribution is 7.14. The van der Waals surface area contributed by atoms with E-state index in [4.69, 9.17) is 4.42 Å². The smallest absolute Gasteiger partial charge is 0.401 e. The van der Waals surface area contributed by atoms with Crippen LogP contribution in [0.4, 0.5) is 5.88 Å². The molecule has 1 atom stereocenters. The number of fused-ring (bicyclic) bond motifs is 1. The van der Waals surface area contributed by atoms with Crippen molar-refractivity contribution in [1.82, 2.24) is 10.9 Å². The summed E-state index contributed by atoms with van der Waals surface area (Å²) in [6.07, 6.45) is 6.68. The number of hydrogen-bond donors (Lipinski definition) is 2. The van der Waals surface area contributed by atoms with Crippen LogP contribution in [0, 0.1) is 16.0 Å². The molecule has 142 valence electrons. The first-order chi connectivity index (χ1) is 13.0. The second-order valence-corrected chi connectivity index (χ2v) is 7.42. The molecule has 8 nitrogen and oxygen atoms in total. The SMILES string of the molecule is CC[C@H]1CCc2sc(C(=O)NNC(=O)/C=C/c3ccc([N+](=O)[O-])o3)cc2C1. The van der Waals surface area contributed by atoms with Crippen molar-refractivity contribution >= 4 is 35.1 Å². The minimum Gasteiger partial charge on any atom is -0.401 e. The molecule has 2 aromatic rings. The lowest BCUT2D eigenvalue weighted by molar-refractivity contribution is -0.402. The Morgan fingerprint density at radius 2 is 2.22 bits per heavy atom. The molecule has 0 bridgehead atoms. The number of amides is 2. The van der Waals surface area contributed by atoms with Crippen LogP contribution in [0.1, 0.15) is 45.6 Å². The number of nitrogens with zero attached hydrogens (tertiary/aromatic N) is 1. The van der Waals surface area contributed by atoms with Crippen molar-refractivity contribution in [2.24, 2.45) is 5.92 Å². The minimum absolute atomic E-state index is 0.166. The maximum atomic E-state index is 12.2. The summed E-state index contributed by atoms with van der Waals surface area (Å²) in [5.41, 5.74) is 5.89. The van der Waals surface area contributed by atoms with E-state index < -0.39 is 16.7 Å². The molecule has 27 heavy (non-hydrogen) atoms. The number of thiophene rings is 1. The van der Waals surface area contributed by atoms with Gasteiger partial charge in [-0.15, -0.1) is 11.3 Å². The Bertz CT molecular complexity index is 899. The van der Waals surface area contributed by atoms with Crippen LogP contribution in [0.3, 0.4) is 0 Å². The van der Waals surface area contributed by atoms with Gasteiger partial charge in [0.15, 0.2) is 0 Å². The highest BCUT2D eigenvalue weighted by Crippen LogP contribution is 2.33. The molecule has 2 aromatic heterocycles. The molecule has 1 aliphatic carbocycles. The van der Waals surface area contributed by atoms with Gasteiger partial charge >= 0.3 is 5.88 Å². The third-order valence-corrected chi connectivity index (χ3v) is 5.71. The number of furan rings is 1. The standard InChI is InChI=1S/C18H19N3O5S/c1-2-11-3-6-14-12(9-11)10-15(27-14)18(23)20-19-16(22)7-4-13-5-8-17(26-13)21(24)25/h4-5,7-8,10-11H,2-3,6,9H2,1H3,(H,19,22)(H,20,23)/b7-4+/t11-/m0/s1. The maximum absolute atomic E-state index is 12.2. The monoisotopic (exact) mass is 389 g/mol. The van der Waals surface area contributed by atoms with Gasteiger partial charge in [0, 0.05) is 11.0 Å². The third kappa shape index (κ3) is 4.62. The average Bonchev–Trinajstić information content (AvgIpc) is 3.30. The molecule has 0 saturated heterocycles. The van der Waals surface area contributed by atoms with E-state index in [0.717, 1.165) is 31.8 Å². The van der Waals surface area contributed by atoms with Crippen molar-refractivity contribution in [2.45, 2.75) is 32.6 Å². The van der Waals surface area contributed by atoms with E-state index in [1.807, 2.05) is 6.07 Å². The second-order valence-electron chi connectivity index (χ2n) is 6.29. The van der Waals surface area contributed by atoms with Gasteiger partial charge in [0.05, 0.1) is 10.9 Å².